The summed E-state index contributed by atoms with van der Waals surface area (Å²) in [4.78, 5) is 23.6. The van der Waals surface area contributed by atoms with Crippen molar-refractivity contribution in [2.24, 2.45) is 11.8 Å². The molecule has 0 amide bonds. The maximum atomic E-state index is 11.8. The summed E-state index contributed by atoms with van der Waals surface area (Å²) in [6.07, 6.45) is 6.17. The lowest BCUT2D eigenvalue weighted by molar-refractivity contribution is -0.147. The summed E-state index contributed by atoms with van der Waals surface area (Å²) < 4.78 is 10.6. The summed E-state index contributed by atoms with van der Waals surface area (Å²) >= 11 is 0. The van der Waals surface area contributed by atoms with Crippen LogP contribution in [-0.4, -0.2) is 47.6 Å². The SMILES string of the molecule is CCC(CCC(C)O)COC(=O)CCCCC(=O)OCC(CC)CCC(C)O. The van der Waals surface area contributed by atoms with Crippen LogP contribution in [0.5, 0.6) is 0 Å². The Bertz CT molecular complexity index is 370. The fourth-order valence-corrected chi connectivity index (χ4v) is 2.87. The van der Waals surface area contributed by atoms with Crippen molar-refractivity contribution in [1.29, 1.82) is 0 Å². The van der Waals surface area contributed by atoms with Gasteiger partial charge in [0, 0.05) is 12.8 Å². The Hall–Kier alpha value is -1.14. The molecule has 0 saturated heterocycles. The van der Waals surface area contributed by atoms with E-state index in [0.717, 1.165) is 38.5 Å². The topological polar surface area (TPSA) is 93.1 Å². The molecule has 6 heteroatoms. The summed E-state index contributed by atoms with van der Waals surface area (Å²) in [6, 6.07) is 0. The number of hydrogen-bond acceptors (Lipinski definition) is 6. The minimum atomic E-state index is -0.324. The van der Waals surface area contributed by atoms with Gasteiger partial charge in [-0.05, 0) is 64.2 Å². The lowest BCUT2D eigenvalue weighted by Crippen LogP contribution is -2.16. The van der Waals surface area contributed by atoms with Crippen LogP contribution in [0.3, 0.4) is 0 Å². The van der Waals surface area contributed by atoms with Crippen LogP contribution in [-0.2, 0) is 19.1 Å². The minimum absolute atomic E-state index is 0.229. The van der Waals surface area contributed by atoms with Crippen molar-refractivity contribution in [2.75, 3.05) is 13.2 Å². The highest BCUT2D eigenvalue weighted by atomic mass is 16.5. The van der Waals surface area contributed by atoms with Gasteiger partial charge >= 0.3 is 11.9 Å². The van der Waals surface area contributed by atoms with Gasteiger partial charge in [0.05, 0.1) is 25.4 Å². The van der Waals surface area contributed by atoms with Gasteiger partial charge in [-0.1, -0.05) is 26.7 Å². The number of unbranched alkanes of at least 4 members (excludes halogenated alkanes) is 1. The van der Waals surface area contributed by atoms with Crippen LogP contribution in [0.1, 0.15) is 91.9 Å². The van der Waals surface area contributed by atoms with E-state index in [-0.39, 0.29) is 36.0 Å². The van der Waals surface area contributed by atoms with E-state index in [0.29, 0.717) is 38.9 Å². The van der Waals surface area contributed by atoms with Crippen molar-refractivity contribution in [3.63, 3.8) is 0 Å². The predicted octanol–water partition coefficient (Wildman–Crippen LogP) is 4.01. The van der Waals surface area contributed by atoms with E-state index < -0.39 is 0 Å². The molecule has 0 spiro atoms. The van der Waals surface area contributed by atoms with Crippen molar-refractivity contribution in [3.05, 3.63) is 0 Å². The molecular weight excluding hydrogens is 360 g/mol. The van der Waals surface area contributed by atoms with E-state index in [9.17, 15) is 19.8 Å². The molecule has 0 radical (unpaired) electrons. The average Bonchev–Trinajstić information content (AvgIpc) is 2.65. The Kier molecular flexibility index (Phi) is 16.1. The fraction of sp³-hybridized carbons (Fsp3) is 0.909. The molecule has 0 aliphatic heterocycles. The normalized spacial score (nSPS) is 15.5. The second kappa shape index (κ2) is 16.8. The second-order valence-corrected chi connectivity index (χ2v) is 7.97. The minimum Gasteiger partial charge on any atom is -0.465 e. The highest BCUT2D eigenvalue weighted by Gasteiger charge is 2.13. The molecule has 0 saturated carbocycles. The Balaban J connectivity index is 3.81. The lowest BCUT2D eigenvalue weighted by atomic mass is 9.99. The van der Waals surface area contributed by atoms with Crippen LogP contribution in [0.4, 0.5) is 0 Å². The van der Waals surface area contributed by atoms with Gasteiger partial charge in [-0.15, -0.1) is 0 Å². The second-order valence-electron chi connectivity index (χ2n) is 7.97. The Morgan fingerprint density at radius 2 is 1.07 bits per heavy atom. The zero-order valence-electron chi connectivity index (χ0n) is 18.3. The lowest BCUT2D eigenvalue weighted by Gasteiger charge is -2.16. The summed E-state index contributed by atoms with van der Waals surface area (Å²) in [7, 11) is 0. The van der Waals surface area contributed by atoms with Gasteiger partial charge < -0.3 is 19.7 Å². The Labute approximate surface area is 171 Å². The molecule has 0 aliphatic rings. The van der Waals surface area contributed by atoms with Crippen molar-refractivity contribution >= 4 is 11.9 Å². The molecule has 2 N–H and O–H groups in total. The molecule has 166 valence electrons. The molecule has 0 aromatic heterocycles. The summed E-state index contributed by atoms with van der Waals surface area (Å²) in [5, 5.41) is 18.7. The van der Waals surface area contributed by atoms with Crippen LogP contribution >= 0.6 is 0 Å². The van der Waals surface area contributed by atoms with Gasteiger partial charge in [0.25, 0.3) is 0 Å². The van der Waals surface area contributed by atoms with Crippen LogP contribution in [0.25, 0.3) is 0 Å². The number of carbonyl (C=O) groups excluding carboxylic acids is 2. The predicted molar refractivity (Wildman–Crippen MR) is 110 cm³/mol. The number of aliphatic hydroxyl groups excluding tert-OH is 2. The maximum Gasteiger partial charge on any atom is 0.305 e. The first kappa shape index (κ1) is 26.9. The number of aliphatic hydroxyl groups is 2. The summed E-state index contributed by atoms with van der Waals surface area (Å²) in [5.74, 6) is 0.115. The molecule has 4 unspecified atom stereocenters. The van der Waals surface area contributed by atoms with Crippen molar-refractivity contribution in [1.82, 2.24) is 0 Å². The van der Waals surface area contributed by atoms with Gasteiger partial charge in [0.15, 0.2) is 0 Å². The van der Waals surface area contributed by atoms with Gasteiger partial charge in [-0.25, -0.2) is 0 Å². The molecule has 0 rings (SSSR count). The molecular formula is C22H42O6. The van der Waals surface area contributed by atoms with Crippen LogP contribution in [0.15, 0.2) is 0 Å². The first-order valence-electron chi connectivity index (χ1n) is 11.0. The van der Waals surface area contributed by atoms with Crippen molar-refractivity contribution < 1.29 is 29.3 Å². The van der Waals surface area contributed by atoms with E-state index in [1.807, 2.05) is 0 Å². The van der Waals surface area contributed by atoms with Crippen LogP contribution < -0.4 is 0 Å². The zero-order valence-corrected chi connectivity index (χ0v) is 18.3. The molecule has 0 heterocycles. The maximum absolute atomic E-state index is 11.8. The van der Waals surface area contributed by atoms with Gasteiger partial charge in [-0.3, -0.25) is 9.59 Å². The van der Waals surface area contributed by atoms with E-state index in [1.165, 1.54) is 0 Å². The summed E-state index contributed by atoms with van der Waals surface area (Å²) in [6.45, 7) is 8.44. The molecule has 28 heavy (non-hydrogen) atoms. The third kappa shape index (κ3) is 15.9. The molecule has 0 aliphatic carbocycles. The van der Waals surface area contributed by atoms with Crippen molar-refractivity contribution in [3.8, 4) is 0 Å². The van der Waals surface area contributed by atoms with Gasteiger partial charge in [0.2, 0.25) is 0 Å². The van der Waals surface area contributed by atoms with Gasteiger partial charge in [-0.2, -0.15) is 0 Å². The van der Waals surface area contributed by atoms with Gasteiger partial charge in [0.1, 0.15) is 0 Å². The van der Waals surface area contributed by atoms with E-state index in [4.69, 9.17) is 9.47 Å². The third-order valence-corrected chi connectivity index (χ3v) is 5.11. The molecule has 0 aromatic rings. The van der Waals surface area contributed by atoms with Crippen molar-refractivity contribution in [2.45, 2.75) is 104 Å². The smallest absolute Gasteiger partial charge is 0.305 e. The standard InChI is InChI=1S/C22H42O6/c1-5-19(13-11-17(3)23)15-27-21(25)9-7-8-10-22(26)28-16-20(6-2)14-12-18(4)24/h17-20,23-24H,5-16H2,1-4H3. The first-order valence-corrected chi connectivity index (χ1v) is 11.0. The van der Waals surface area contributed by atoms with Crippen LogP contribution in [0.2, 0.25) is 0 Å². The molecule has 0 bridgehead atoms. The fourth-order valence-electron chi connectivity index (χ4n) is 2.87. The van der Waals surface area contributed by atoms with E-state index >= 15 is 0 Å². The quantitative estimate of drug-likeness (QED) is 0.282. The molecule has 4 atom stereocenters. The number of ether oxygens (including phenoxy) is 2. The molecule has 0 fully saturated rings. The highest BCUT2D eigenvalue weighted by molar-refractivity contribution is 5.70. The molecule has 6 nitrogen and oxygen atoms in total. The van der Waals surface area contributed by atoms with E-state index in [1.54, 1.807) is 13.8 Å². The number of hydrogen-bond donors (Lipinski definition) is 2. The first-order chi connectivity index (χ1) is 13.3. The average molecular weight is 403 g/mol. The molecule has 0 aromatic carbocycles. The highest BCUT2D eigenvalue weighted by Crippen LogP contribution is 2.15. The summed E-state index contributed by atoms with van der Waals surface area (Å²) in [5.41, 5.74) is 0. The Morgan fingerprint density at radius 3 is 1.36 bits per heavy atom. The largest absolute Gasteiger partial charge is 0.465 e. The third-order valence-electron chi connectivity index (χ3n) is 5.11. The zero-order chi connectivity index (χ0) is 21.4. The number of carbonyl (C=O) groups is 2. The Morgan fingerprint density at radius 1 is 0.714 bits per heavy atom. The van der Waals surface area contributed by atoms with E-state index in [2.05, 4.69) is 13.8 Å². The monoisotopic (exact) mass is 402 g/mol. The number of rotatable bonds is 17. The van der Waals surface area contributed by atoms with Crippen LogP contribution in [0, 0.1) is 11.8 Å². The number of esters is 2.